The van der Waals surface area contributed by atoms with Gasteiger partial charge in [-0.2, -0.15) is 13.9 Å². The highest BCUT2D eigenvalue weighted by Crippen LogP contribution is 2.57. The lowest BCUT2D eigenvalue weighted by Crippen LogP contribution is -2.46. The normalized spacial score (nSPS) is 33.6. The fourth-order valence-electron chi connectivity index (χ4n) is 4.02. The lowest BCUT2D eigenvalue weighted by Gasteiger charge is -2.52. The second-order valence-corrected chi connectivity index (χ2v) is 6.87. The van der Waals surface area contributed by atoms with Crippen LogP contribution in [0.3, 0.4) is 0 Å². The number of aliphatic hydroxyl groups is 1. The quantitative estimate of drug-likeness (QED) is 0.926. The van der Waals surface area contributed by atoms with Gasteiger partial charge in [0, 0.05) is 26.0 Å². The van der Waals surface area contributed by atoms with Gasteiger partial charge in [0.1, 0.15) is 5.69 Å². The number of hydrogen-bond donors (Lipinski definition) is 1. The van der Waals surface area contributed by atoms with Crippen molar-refractivity contribution in [3.8, 4) is 0 Å². The van der Waals surface area contributed by atoms with Gasteiger partial charge < -0.3 is 5.11 Å². The Morgan fingerprint density at radius 1 is 1.25 bits per heavy atom. The largest absolute Gasteiger partial charge is 0.396 e. The summed E-state index contributed by atoms with van der Waals surface area (Å²) in [5, 5.41) is 13.9. The van der Waals surface area contributed by atoms with Gasteiger partial charge in [-0.25, -0.2) is 0 Å². The van der Waals surface area contributed by atoms with Crippen molar-refractivity contribution in [3.63, 3.8) is 0 Å². The van der Waals surface area contributed by atoms with Crippen LogP contribution in [0.5, 0.6) is 0 Å². The Kier molecular flexibility index (Phi) is 2.98. The van der Waals surface area contributed by atoms with E-state index in [1.54, 1.807) is 13.1 Å². The smallest absolute Gasteiger partial charge is 0.286 e. The standard InChI is InChI=1S/C15H22F2N2O/c1-13(16,17)12-9-11(18-19(12)2)15-6-3-14(10-20,4-7-15)5-8-15/h9,20H,3-8,10H2,1-2H3. The van der Waals surface area contributed by atoms with Crippen LogP contribution >= 0.6 is 0 Å². The Labute approximate surface area is 118 Å². The summed E-state index contributed by atoms with van der Waals surface area (Å²) in [6.07, 6.45) is 5.83. The van der Waals surface area contributed by atoms with Crippen molar-refractivity contribution < 1.29 is 13.9 Å². The first kappa shape index (κ1) is 14.0. The topological polar surface area (TPSA) is 38.0 Å². The van der Waals surface area contributed by atoms with Gasteiger partial charge in [-0.1, -0.05) is 0 Å². The van der Waals surface area contributed by atoms with Crippen molar-refractivity contribution in [2.75, 3.05) is 6.61 Å². The molecule has 3 aliphatic carbocycles. The molecule has 1 aromatic rings. The van der Waals surface area contributed by atoms with E-state index in [1.807, 2.05) is 0 Å². The molecule has 1 N–H and O–H groups in total. The van der Waals surface area contributed by atoms with E-state index < -0.39 is 5.92 Å². The van der Waals surface area contributed by atoms with Crippen molar-refractivity contribution in [2.45, 2.75) is 56.8 Å². The average molecular weight is 284 g/mol. The fraction of sp³-hybridized carbons (Fsp3) is 0.800. The molecule has 0 aromatic carbocycles. The molecule has 0 radical (unpaired) electrons. The van der Waals surface area contributed by atoms with Crippen LogP contribution in [0.25, 0.3) is 0 Å². The number of rotatable bonds is 3. The first-order chi connectivity index (χ1) is 9.30. The molecule has 112 valence electrons. The molecule has 3 saturated carbocycles. The first-order valence-corrected chi connectivity index (χ1v) is 7.34. The summed E-state index contributed by atoms with van der Waals surface area (Å²) in [6.45, 7) is 1.17. The number of hydrogen-bond acceptors (Lipinski definition) is 2. The molecule has 0 spiro atoms. The van der Waals surface area contributed by atoms with Crippen molar-refractivity contribution in [1.82, 2.24) is 9.78 Å². The molecule has 5 heteroatoms. The number of fused-ring (bicyclic) bond motifs is 3. The Morgan fingerprint density at radius 2 is 1.80 bits per heavy atom. The summed E-state index contributed by atoms with van der Waals surface area (Å²) in [5.41, 5.74) is 0.862. The van der Waals surface area contributed by atoms with Crippen LogP contribution in [0.4, 0.5) is 8.78 Å². The van der Waals surface area contributed by atoms with Gasteiger partial charge >= 0.3 is 0 Å². The van der Waals surface area contributed by atoms with E-state index >= 15 is 0 Å². The monoisotopic (exact) mass is 284 g/mol. The molecule has 0 saturated heterocycles. The minimum atomic E-state index is -2.85. The van der Waals surface area contributed by atoms with E-state index in [4.69, 9.17) is 0 Å². The fourth-order valence-corrected chi connectivity index (χ4v) is 4.02. The molecule has 3 fully saturated rings. The van der Waals surface area contributed by atoms with E-state index in [2.05, 4.69) is 5.10 Å². The molecule has 2 bridgehead atoms. The minimum Gasteiger partial charge on any atom is -0.396 e. The highest BCUT2D eigenvalue weighted by Gasteiger charge is 2.50. The third-order valence-electron chi connectivity index (χ3n) is 5.61. The zero-order valence-electron chi connectivity index (χ0n) is 12.1. The SMILES string of the molecule is Cn1nc(C23CCC(CO)(CC2)CC3)cc1C(C)(F)F. The summed E-state index contributed by atoms with van der Waals surface area (Å²) >= 11 is 0. The predicted molar refractivity (Wildman–Crippen MR) is 71.7 cm³/mol. The molecule has 4 rings (SSSR count). The van der Waals surface area contributed by atoms with Gasteiger partial charge in [0.2, 0.25) is 0 Å². The number of aromatic nitrogens is 2. The van der Waals surface area contributed by atoms with Crippen LogP contribution in [0.2, 0.25) is 0 Å². The molecule has 0 aliphatic heterocycles. The summed E-state index contributed by atoms with van der Waals surface area (Å²) < 4.78 is 28.4. The predicted octanol–water partition coefficient (Wildman–Crippen LogP) is 3.12. The molecule has 1 aromatic heterocycles. The van der Waals surface area contributed by atoms with Crippen LogP contribution in [0, 0.1) is 5.41 Å². The molecule has 20 heavy (non-hydrogen) atoms. The van der Waals surface area contributed by atoms with Gasteiger partial charge in [0.25, 0.3) is 5.92 Å². The van der Waals surface area contributed by atoms with Gasteiger partial charge in [0.05, 0.1) is 5.69 Å². The van der Waals surface area contributed by atoms with Crippen molar-refractivity contribution in [2.24, 2.45) is 12.5 Å². The molecular formula is C15H22F2N2O. The molecule has 1 heterocycles. The van der Waals surface area contributed by atoms with Crippen LogP contribution in [-0.4, -0.2) is 21.5 Å². The van der Waals surface area contributed by atoms with Gasteiger partial charge in [-0.3, -0.25) is 4.68 Å². The zero-order chi connectivity index (χ0) is 14.6. The number of aryl methyl sites for hydroxylation is 1. The maximum Gasteiger partial charge on any atom is 0.286 e. The van der Waals surface area contributed by atoms with Crippen LogP contribution < -0.4 is 0 Å². The molecule has 3 aliphatic rings. The average Bonchev–Trinajstić information content (AvgIpc) is 2.84. The van der Waals surface area contributed by atoms with Gasteiger partial charge in [-0.15, -0.1) is 0 Å². The molecule has 0 unspecified atom stereocenters. The third kappa shape index (κ3) is 1.98. The lowest BCUT2D eigenvalue weighted by molar-refractivity contribution is -0.00845. The number of alkyl halides is 2. The van der Waals surface area contributed by atoms with E-state index in [-0.39, 0.29) is 23.1 Å². The summed E-state index contributed by atoms with van der Waals surface area (Å²) in [6, 6.07) is 1.59. The van der Waals surface area contributed by atoms with Crippen molar-refractivity contribution in [1.29, 1.82) is 0 Å². The highest BCUT2D eigenvalue weighted by molar-refractivity contribution is 5.25. The van der Waals surface area contributed by atoms with E-state index in [0.717, 1.165) is 51.1 Å². The maximum absolute atomic E-state index is 13.6. The molecule has 0 amide bonds. The lowest BCUT2D eigenvalue weighted by atomic mass is 9.53. The van der Waals surface area contributed by atoms with Crippen molar-refractivity contribution in [3.05, 3.63) is 17.5 Å². The van der Waals surface area contributed by atoms with E-state index in [0.29, 0.717) is 0 Å². The summed E-state index contributed by atoms with van der Waals surface area (Å²) in [7, 11) is 1.59. The number of nitrogens with zero attached hydrogens (tertiary/aromatic N) is 2. The van der Waals surface area contributed by atoms with Crippen LogP contribution in [-0.2, 0) is 18.4 Å². The molecular weight excluding hydrogens is 262 g/mol. The minimum absolute atomic E-state index is 0.00792. The van der Waals surface area contributed by atoms with Gasteiger partial charge in [0.15, 0.2) is 0 Å². The van der Waals surface area contributed by atoms with Gasteiger partial charge in [-0.05, 0) is 50.0 Å². The van der Waals surface area contributed by atoms with E-state index in [1.165, 1.54) is 4.68 Å². The Morgan fingerprint density at radius 3 is 2.20 bits per heavy atom. The summed E-state index contributed by atoms with van der Waals surface area (Å²) in [4.78, 5) is 0. The molecule has 0 atom stereocenters. The van der Waals surface area contributed by atoms with Crippen molar-refractivity contribution >= 4 is 0 Å². The first-order valence-electron chi connectivity index (χ1n) is 7.34. The highest BCUT2D eigenvalue weighted by atomic mass is 19.3. The summed E-state index contributed by atoms with van der Waals surface area (Å²) in [5.74, 6) is -2.85. The second kappa shape index (κ2) is 4.26. The van der Waals surface area contributed by atoms with Crippen LogP contribution in [0.15, 0.2) is 6.07 Å². The Hall–Kier alpha value is -0.970. The van der Waals surface area contributed by atoms with Crippen LogP contribution in [0.1, 0.15) is 56.8 Å². The third-order valence-corrected chi connectivity index (χ3v) is 5.61. The molecule has 3 nitrogen and oxygen atoms in total. The second-order valence-electron chi connectivity index (χ2n) is 6.87. The maximum atomic E-state index is 13.6. The zero-order valence-corrected chi connectivity index (χ0v) is 12.1. The number of halogens is 2. The Balaban J connectivity index is 1.91. The Bertz CT molecular complexity index is 494. The number of aliphatic hydroxyl groups excluding tert-OH is 1. The van der Waals surface area contributed by atoms with E-state index in [9.17, 15) is 13.9 Å².